The van der Waals surface area contributed by atoms with Crippen molar-refractivity contribution in [3.63, 3.8) is 0 Å². The number of nitrogens with one attached hydrogen (secondary N) is 1. The third-order valence-electron chi connectivity index (χ3n) is 4.33. The Kier molecular flexibility index (Phi) is 6.18. The average Bonchev–Trinajstić information content (AvgIpc) is 2.52. The Morgan fingerprint density at radius 2 is 2.05 bits per heavy atom. The van der Waals surface area contributed by atoms with Crippen LogP contribution in [-0.4, -0.2) is 5.91 Å². The van der Waals surface area contributed by atoms with Crippen LogP contribution in [0.2, 0.25) is 0 Å². The quantitative estimate of drug-likeness (QED) is 0.845. The summed E-state index contributed by atoms with van der Waals surface area (Å²) in [6.07, 6.45) is 7.94. The number of hydrogen-bond acceptors (Lipinski definition) is 2. The minimum Gasteiger partial charge on any atom is -0.352 e. The fourth-order valence-electron chi connectivity index (χ4n) is 2.95. The molecular formula is C17H25FN2O. The zero-order chi connectivity index (χ0) is 15.1. The van der Waals surface area contributed by atoms with E-state index in [1.54, 1.807) is 12.1 Å². The summed E-state index contributed by atoms with van der Waals surface area (Å²) in [6.45, 7) is 0.575. The van der Waals surface area contributed by atoms with Crippen molar-refractivity contribution in [1.82, 2.24) is 5.32 Å². The lowest BCUT2D eigenvalue weighted by molar-refractivity contribution is -0.121. The van der Waals surface area contributed by atoms with Gasteiger partial charge in [-0.25, -0.2) is 4.39 Å². The number of amides is 1. The first-order valence-corrected chi connectivity index (χ1v) is 7.93. The van der Waals surface area contributed by atoms with Crippen molar-refractivity contribution < 1.29 is 9.18 Å². The van der Waals surface area contributed by atoms with Gasteiger partial charge in [-0.2, -0.15) is 0 Å². The second-order valence-electron chi connectivity index (χ2n) is 5.95. The summed E-state index contributed by atoms with van der Waals surface area (Å²) < 4.78 is 13.8. The molecule has 1 aromatic carbocycles. The van der Waals surface area contributed by atoms with Crippen molar-refractivity contribution in [3.8, 4) is 0 Å². The lowest BCUT2D eigenvalue weighted by Crippen LogP contribution is -2.24. The van der Waals surface area contributed by atoms with Crippen molar-refractivity contribution in [1.29, 1.82) is 0 Å². The molecule has 1 amide bonds. The summed E-state index contributed by atoms with van der Waals surface area (Å²) in [4.78, 5) is 11.8. The molecule has 0 saturated heterocycles. The molecule has 0 aromatic heterocycles. The number of benzene rings is 1. The van der Waals surface area contributed by atoms with Crippen molar-refractivity contribution in [2.24, 2.45) is 11.7 Å². The number of carbonyl (C=O) groups excluding carboxylic acids is 1. The van der Waals surface area contributed by atoms with E-state index in [1.165, 1.54) is 38.2 Å². The van der Waals surface area contributed by atoms with E-state index in [0.29, 0.717) is 24.4 Å². The van der Waals surface area contributed by atoms with Gasteiger partial charge in [-0.05, 0) is 24.0 Å². The fraction of sp³-hybridized carbons (Fsp3) is 0.588. The zero-order valence-electron chi connectivity index (χ0n) is 12.5. The lowest BCUT2D eigenvalue weighted by Gasteiger charge is -2.21. The van der Waals surface area contributed by atoms with E-state index in [2.05, 4.69) is 5.32 Å². The molecule has 3 nitrogen and oxygen atoms in total. The highest BCUT2D eigenvalue weighted by Crippen LogP contribution is 2.27. The molecule has 0 spiro atoms. The molecule has 0 heterocycles. The van der Waals surface area contributed by atoms with Crippen molar-refractivity contribution in [3.05, 3.63) is 35.1 Å². The van der Waals surface area contributed by atoms with E-state index in [4.69, 9.17) is 5.73 Å². The predicted octanol–water partition coefficient (Wildman–Crippen LogP) is 3.26. The molecule has 0 bridgehead atoms. The molecule has 0 radical (unpaired) electrons. The second-order valence-corrected chi connectivity index (χ2v) is 5.95. The second kappa shape index (κ2) is 8.13. The average molecular weight is 292 g/mol. The monoisotopic (exact) mass is 292 g/mol. The first kappa shape index (κ1) is 16.0. The number of rotatable bonds is 6. The van der Waals surface area contributed by atoms with Gasteiger partial charge in [-0.15, -0.1) is 0 Å². The van der Waals surface area contributed by atoms with Crippen LogP contribution in [0, 0.1) is 11.7 Å². The van der Waals surface area contributed by atoms with Crippen LogP contribution in [0.4, 0.5) is 4.39 Å². The third-order valence-corrected chi connectivity index (χ3v) is 4.33. The van der Waals surface area contributed by atoms with E-state index in [9.17, 15) is 9.18 Å². The Bertz CT molecular complexity index is 470. The Morgan fingerprint density at radius 3 is 2.71 bits per heavy atom. The van der Waals surface area contributed by atoms with Gasteiger partial charge in [0.25, 0.3) is 0 Å². The smallest absolute Gasteiger partial charge is 0.220 e. The lowest BCUT2D eigenvalue weighted by atomic mass is 9.86. The highest BCUT2D eigenvalue weighted by Gasteiger charge is 2.14. The highest BCUT2D eigenvalue weighted by molar-refractivity contribution is 5.75. The van der Waals surface area contributed by atoms with Gasteiger partial charge in [-0.1, -0.05) is 44.2 Å². The van der Waals surface area contributed by atoms with E-state index < -0.39 is 0 Å². The SMILES string of the molecule is NCc1ccc(CNC(=O)CCC2CCCCC2)c(F)c1. The molecule has 1 aliphatic rings. The molecule has 1 aliphatic carbocycles. The summed E-state index contributed by atoms with van der Waals surface area (Å²) in [5, 5.41) is 2.81. The van der Waals surface area contributed by atoms with Crippen LogP contribution in [0.25, 0.3) is 0 Å². The maximum Gasteiger partial charge on any atom is 0.220 e. The van der Waals surface area contributed by atoms with Gasteiger partial charge < -0.3 is 11.1 Å². The van der Waals surface area contributed by atoms with Crippen LogP contribution < -0.4 is 11.1 Å². The van der Waals surface area contributed by atoms with E-state index in [1.807, 2.05) is 0 Å². The Labute approximate surface area is 126 Å². The first-order valence-electron chi connectivity index (χ1n) is 7.93. The molecule has 1 saturated carbocycles. The van der Waals surface area contributed by atoms with E-state index in [0.717, 1.165) is 12.0 Å². The minimum atomic E-state index is -0.300. The molecule has 21 heavy (non-hydrogen) atoms. The zero-order valence-corrected chi connectivity index (χ0v) is 12.5. The number of hydrogen-bond donors (Lipinski definition) is 2. The minimum absolute atomic E-state index is 0.0166. The number of carbonyl (C=O) groups is 1. The molecule has 116 valence electrons. The van der Waals surface area contributed by atoms with Gasteiger partial charge in [0, 0.05) is 25.1 Å². The Balaban J connectivity index is 1.73. The van der Waals surface area contributed by atoms with Crippen LogP contribution in [0.5, 0.6) is 0 Å². The Hall–Kier alpha value is -1.42. The molecule has 0 unspecified atom stereocenters. The third kappa shape index (κ3) is 5.12. The standard InChI is InChI=1S/C17H25FN2O/c18-16-10-14(11-19)6-8-15(16)12-20-17(21)9-7-13-4-2-1-3-5-13/h6,8,10,13H,1-5,7,9,11-12,19H2,(H,20,21). The van der Waals surface area contributed by atoms with Crippen LogP contribution in [0.15, 0.2) is 18.2 Å². The predicted molar refractivity (Wildman–Crippen MR) is 81.9 cm³/mol. The van der Waals surface area contributed by atoms with Crippen LogP contribution >= 0.6 is 0 Å². The summed E-state index contributed by atoms with van der Waals surface area (Å²) in [5.74, 6) is 0.415. The van der Waals surface area contributed by atoms with Gasteiger partial charge in [0.2, 0.25) is 5.91 Å². The summed E-state index contributed by atoms with van der Waals surface area (Å²) in [6, 6.07) is 4.93. The Morgan fingerprint density at radius 1 is 1.29 bits per heavy atom. The van der Waals surface area contributed by atoms with Crippen LogP contribution in [0.3, 0.4) is 0 Å². The first-order chi connectivity index (χ1) is 10.2. The van der Waals surface area contributed by atoms with Crippen molar-refractivity contribution in [2.75, 3.05) is 0 Å². The molecule has 2 rings (SSSR count). The van der Waals surface area contributed by atoms with E-state index in [-0.39, 0.29) is 18.3 Å². The maximum atomic E-state index is 13.8. The van der Waals surface area contributed by atoms with Crippen molar-refractivity contribution >= 4 is 5.91 Å². The highest BCUT2D eigenvalue weighted by atomic mass is 19.1. The largest absolute Gasteiger partial charge is 0.352 e. The fourth-order valence-corrected chi connectivity index (χ4v) is 2.95. The molecule has 0 aliphatic heterocycles. The summed E-state index contributed by atoms with van der Waals surface area (Å²) in [7, 11) is 0. The molecule has 1 fully saturated rings. The molecule has 1 aromatic rings. The van der Waals surface area contributed by atoms with Gasteiger partial charge in [0.1, 0.15) is 5.82 Å². The normalized spacial score (nSPS) is 15.9. The van der Waals surface area contributed by atoms with Gasteiger partial charge in [-0.3, -0.25) is 4.79 Å². The number of nitrogens with two attached hydrogens (primary N) is 1. The maximum absolute atomic E-state index is 13.8. The van der Waals surface area contributed by atoms with Crippen LogP contribution in [0.1, 0.15) is 56.1 Å². The molecule has 0 atom stereocenters. The number of halogens is 1. The van der Waals surface area contributed by atoms with E-state index >= 15 is 0 Å². The molecular weight excluding hydrogens is 267 g/mol. The summed E-state index contributed by atoms with van der Waals surface area (Å²) in [5.41, 5.74) is 6.74. The van der Waals surface area contributed by atoms with Crippen molar-refractivity contribution in [2.45, 2.75) is 58.0 Å². The topological polar surface area (TPSA) is 55.1 Å². The van der Waals surface area contributed by atoms with Gasteiger partial charge >= 0.3 is 0 Å². The summed E-state index contributed by atoms with van der Waals surface area (Å²) >= 11 is 0. The van der Waals surface area contributed by atoms with Gasteiger partial charge in [0.15, 0.2) is 0 Å². The molecule has 3 N–H and O–H groups in total. The van der Waals surface area contributed by atoms with Gasteiger partial charge in [0.05, 0.1) is 0 Å². The van der Waals surface area contributed by atoms with Crippen LogP contribution in [-0.2, 0) is 17.9 Å². The molecule has 4 heteroatoms.